The van der Waals surface area contributed by atoms with E-state index in [4.69, 9.17) is 10.2 Å². The fourth-order valence-electron chi connectivity index (χ4n) is 2.32. The van der Waals surface area contributed by atoms with Crippen molar-refractivity contribution >= 4 is 17.2 Å². The predicted molar refractivity (Wildman–Crippen MR) is 88.7 cm³/mol. The summed E-state index contributed by atoms with van der Waals surface area (Å²) < 4.78 is 5.65. The van der Waals surface area contributed by atoms with E-state index in [1.807, 2.05) is 23.8 Å². The van der Waals surface area contributed by atoms with E-state index in [2.05, 4.69) is 24.1 Å². The zero-order valence-corrected chi connectivity index (χ0v) is 14.1. The van der Waals surface area contributed by atoms with E-state index in [1.54, 1.807) is 11.3 Å². The molecule has 0 fully saturated rings. The first-order valence-corrected chi connectivity index (χ1v) is 8.42. The number of aryl methyl sites for hydroxylation is 1. The van der Waals surface area contributed by atoms with Crippen LogP contribution in [-0.2, 0) is 11.2 Å². The summed E-state index contributed by atoms with van der Waals surface area (Å²) >= 11 is 1.59. The summed E-state index contributed by atoms with van der Waals surface area (Å²) in [5, 5.41) is 6.92. The minimum atomic E-state index is -0.0654. The van der Waals surface area contributed by atoms with Gasteiger partial charge in [0.25, 0.3) is 0 Å². The maximum Gasteiger partial charge on any atom is 0.227 e. The summed E-state index contributed by atoms with van der Waals surface area (Å²) in [6.07, 6.45) is 1.09. The molecule has 1 unspecified atom stereocenters. The first kappa shape index (κ1) is 16.7. The molecule has 0 aromatic carbocycles. The zero-order chi connectivity index (χ0) is 16.1. The number of hydrogen-bond acceptors (Lipinski definition) is 5. The van der Waals surface area contributed by atoms with Gasteiger partial charge >= 0.3 is 0 Å². The summed E-state index contributed by atoms with van der Waals surface area (Å²) in [7, 11) is 0. The van der Waals surface area contributed by atoms with Crippen molar-refractivity contribution in [1.29, 1.82) is 0 Å². The molecule has 2 aromatic heterocycles. The van der Waals surface area contributed by atoms with Gasteiger partial charge in [-0.05, 0) is 30.7 Å². The van der Waals surface area contributed by atoms with Crippen molar-refractivity contribution in [2.45, 2.75) is 39.7 Å². The Bertz CT molecular complexity index is 605. The number of aromatic nitrogens is 1. The highest BCUT2D eigenvalue weighted by Crippen LogP contribution is 2.24. The number of amides is 1. The normalized spacial score (nSPS) is 12.6. The molecule has 2 heterocycles. The lowest BCUT2D eigenvalue weighted by Crippen LogP contribution is -2.41. The molecular weight excluding hydrogens is 298 g/mol. The Morgan fingerprint density at radius 2 is 2.27 bits per heavy atom. The molecule has 3 N–H and O–H groups in total. The van der Waals surface area contributed by atoms with Crippen molar-refractivity contribution in [1.82, 2.24) is 10.3 Å². The van der Waals surface area contributed by atoms with Crippen LogP contribution in [0.3, 0.4) is 0 Å². The zero-order valence-electron chi connectivity index (χ0n) is 13.3. The second-order valence-corrected chi connectivity index (χ2v) is 6.62. The number of nitrogens with two attached hydrogens (primary N) is 1. The van der Waals surface area contributed by atoms with Gasteiger partial charge in [-0.3, -0.25) is 4.79 Å². The Balaban J connectivity index is 1.99. The summed E-state index contributed by atoms with van der Waals surface area (Å²) in [5.41, 5.74) is 7.34. The molecule has 1 amide bonds. The van der Waals surface area contributed by atoms with E-state index in [0.29, 0.717) is 29.8 Å². The van der Waals surface area contributed by atoms with Crippen LogP contribution in [0.2, 0.25) is 0 Å². The Morgan fingerprint density at radius 1 is 1.50 bits per heavy atom. The molecule has 22 heavy (non-hydrogen) atoms. The van der Waals surface area contributed by atoms with Crippen molar-refractivity contribution in [3.63, 3.8) is 0 Å². The smallest absolute Gasteiger partial charge is 0.227 e. The number of oxazole rings is 1. The van der Waals surface area contributed by atoms with Crippen molar-refractivity contribution < 1.29 is 9.21 Å². The summed E-state index contributed by atoms with van der Waals surface area (Å²) in [4.78, 5) is 16.6. The number of nitrogens with one attached hydrogen (secondary N) is 1. The Kier molecular flexibility index (Phi) is 5.74. The fourth-order valence-corrected chi connectivity index (χ4v) is 2.95. The Hall–Kier alpha value is -1.66. The van der Waals surface area contributed by atoms with Crippen LogP contribution in [0.1, 0.15) is 31.7 Å². The minimum absolute atomic E-state index is 0.0102. The molecule has 0 aliphatic carbocycles. The first-order valence-electron chi connectivity index (χ1n) is 7.48. The first-order chi connectivity index (χ1) is 10.5. The van der Waals surface area contributed by atoms with Crippen molar-refractivity contribution in [3.05, 3.63) is 28.3 Å². The van der Waals surface area contributed by atoms with E-state index in [0.717, 1.165) is 12.0 Å². The lowest BCUT2D eigenvalue weighted by atomic mass is 10.0. The number of rotatable bonds is 7. The van der Waals surface area contributed by atoms with Gasteiger partial charge in [0.1, 0.15) is 5.76 Å². The molecule has 0 aliphatic rings. The molecule has 6 heteroatoms. The minimum Gasteiger partial charge on any atom is -0.441 e. The van der Waals surface area contributed by atoms with Gasteiger partial charge in [0, 0.05) is 23.5 Å². The van der Waals surface area contributed by atoms with Gasteiger partial charge < -0.3 is 15.5 Å². The number of hydrogen-bond donors (Lipinski definition) is 2. The van der Waals surface area contributed by atoms with Gasteiger partial charge in [-0.2, -0.15) is 11.3 Å². The monoisotopic (exact) mass is 321 g/mol. The van der Waals surface area contributed by atoms with E-state index < -0.39 is 0 Å². The van der Waals surface area contributed by atoms with Crippen LogP contribution in [0.15, 0.2) is 21.2 Å². The fraction of sp³-hybridized carbons (Fsp3) is 0.500. The van der Waals surface area contributed by atoms with Gasteiger partial charge in [-0.1, -0.05) is 13.8 Å². The second-order valence-electron chi connectivity index (χ2n) is 5.84. The van der Waals surface area contributed by atoms with Crippen LogP contribution in [0.5, 0.6) is 0 Å². The molecule has 1 atom stereocenters. The van der Waals surface area contributed by atoms with Crippen molar-refractivity contribution in [3.8, 4) is 11.5 Å². The van der Waals surface area contributed by atoms with Gasteiger partial charge in [0.15, 0.2) is 0 Å². The molecule has 2 aromatic rings. The lowest BCUT2D eigenvalue weighted by Gasteiger charge is -2.18. The Morgan fingerprint density at radius 3 is 2.86 bits per heavy atom. The van der Waals surface area contributed by atoms with Crippen LogP contribution in [0.25, 0.3) is 11.5 Å². The van der Waals surface area contributed by atoms with E-state index in [9.17, 15) is 4.79 Å². The molecule has 5 nitrogen and oxygen atoms in total. The van der Waals surface area contributed by atoms with Crippen LogP contribution in [0, 0.1) is 12.8 Å². The maximum atomic E-state index is 12.2. The summed E-state index contributed by atoms with van der Waals surface area (Å²) in [6.45, 7) is 6.51. The quantitative estimate of drug-likeness (QED) is 0.821. The molecule has 0 aliphatic heterocycles. The predicted octanol–water partition coefficient (Wildman–Crippen LogP) is 2.74. The third-order valence-corrected chi connectivity index (χ3v) is 4.08. The molecule has 0 radical (unpaired) electrons. The second kappa shape index (κ2) is 7.56. The van der Waals surface area contributed by atoms with E-state index >= 15 is 0 Å². The van der Waals surface area contributed by atoms with E-state index in [1.165, 1.54) is 0 Å². The molecule has 0 spiro atoms. The lowest BCUT2D eigenvalue weighted by molar-refractivity contribution is -0.121. The highest BCUT2D eigenvalue weighted by atomic mass is 32.1. The van der Waals surface area contributed by atoms with Gasteiger partial charge in [-0.15, -0.1) is 0 Å². The average Bonchev–Trinajstić information content (AvgIpc) is 3.08. The molecule has 0 saturated heterocycles. The van der Waals surface area contributed by atoms with Crippen LogP contribution < -0.4 is 11.1 Å². The molecule has 0 bridgehead atoms. The number of thiophene rings is 1. The van der Waals surface area contributed by atoms with Crippen LogP contribution in [0.4, 0.5) is 0 Å². The number of carbonyl (C=O) groups is 1. The third kappa shape index (κ3) is 4.42. The topological polar surface area (TPSA) is 81.2 Å². The maximum absolute atomic E-state index is 12.2. The largest absolute Gasteiger partial charge is 0.441 e. The van der Waals surface area contributed by atoms with Crippen LogP contribution >= 0.6 is 11.3 Å². The summed E-state index contributed by atoms with van der Waals surface area (Å²) in [6, 6.07) is 1.96. The molecule has 0 saturated carbocycles. The number of nitrogens with zero attached hydrogens (tertiary/aromatic N) is 1. The highest BCUT2D eigenvalue weighted by molar-refractivity contribution is 7.08. The molecule has 120 valence electrons. The van der Waals surface area contributed by atoms with Gasteiger partial charge in [0.2, 0.25) is 11.8 Å². The SMILES string of the molecule is Cc1oc(-c2ccsc2)nc1CC(=O)NC(CN)CC(C)C. The van der Waals surface area contributed by atoms with Crippen LogP contribution in [-0.4, -0.2) is 23.5 Å². The van der Waals surface area contributed by atoms with E-state index in [-0.39, 0.29) is 18.4 Å². The van der Waals surface area contributed by atoms with Gasteiger partial charge in [-0.25, -0.2) is 4.98 Å². The Labute approximate surface area is 134 Å². The highest BCUT2D eigenvalue weighted by Gasteiger charge is 2.17. The summed E-state index contributed by atoms with van der Waals surface area (Å²) in [5.74, 6) is 1.68. The number of carbonyl (C=O) groups excluding carboxylic acids is 1. The van der Waals surface area contributed by atoms with Crippen molar-refractivity contribution in [2.75, 3.05) is 6.54 Å². The third-order valence-electron chi connectivity index (χ3n) is 3.39. The standard InChI is InChI=1S/C16H23N3O2S/c1-10(2)6-13(8-17)18-15(20)7-14-11(3)21-16(19-14)12-4-5-22-9-12/h4-5,9-10,13H,6-8,17H2,1-3H3,(H,18,20). The van der Waals surface area contributed by atoms with Gasteiger partial charge in [0.05, 0.1) is 12.1 Å². The molecular formula is C16H23N3O2S. The average molecular weight is 321 g/mol. The molecule has 2 rings (SSSR count). The van der Waals surface area contributed by atoms with Crippen molar-refractivity contribution in [2.24, 2.45) is 11.7 Å².